The van der Waals surface area contributed by atoms with Crippen LogP contribution in [0.3, 0.4) is 0 Å². The van der Waals surface area contributed by atoms with Gasteiger partial charge in [0.1, 0.15) is 0 Å². The Morgan fingerprint density at radius 3 is 1.42 bits per heavy atom. The fourth-order valence-electron chi connectivity index (χ4n) is 4.95. The molecule has 0 saturated heterocycles. The van der Waals surface area contributed by atoms with Crippen LogP contribution in [0, 0.1) is 0 Å². The van der Waals surface area contributed by atoms with E-state index < -0.39 is 0 Å². The van der Waals surface area contributed by atoms with Crippen molar-refractivity contribution in [3.8, 4) is 11.1 Å². The monoisotopic (exact) mass is 347 g/mol. The van der Waals surface area contributed by atoms with Crippen LogP contribution in [0.2, 0.25) is 0 Å². The van der Waals surface area contributed by atoms with Crippen molar-refractivity contribution in [1.82, 2.24) is 5.32 Å². The van der Waals surface area contributed by atoms with E-state index in [9.17, 15) is 0 Å². The summed E-state index contributed by atoms with van der Waals surface area (Å²) in [5.74, 6) is 0. The maximum absolute atomic E-state index is 3.86. The highest BCUT2D eigenvalue weighted by Crippen LogP contribution is 2.35. The maximum atomic E-state index is 3.86. The summed E-state index contributed by atoms with van der Waals surface area (Å²) in [5, 5.41) is 3.86. The predicted octanol–water partition coefficient (Wildman–Crippen LogP) is 6.50. The molecule has 26 heavy (non-hydrogen) atoms. The number of hydrogen-bond acceptors (Lipinski definition) is 1. The Labute approximate surface area is 159 Å². The summed E-state index contributed by atoms with van der Waals surface area (Å²) in [4.78, 5) is 0. The fourth-order valence-corrected chi connectivity index (χ4v) is 4.95. The highest BCUT2D eigenvalue weighted by molar-refractivity contribution is 5.76. The van der Waals surface area contributed by atoms with Crippen molar-refractivity contribution in [2.75, 3.05) is 0 Å². The van der Waals surface area contributed by atoms with Crippen LogP contribution in [-0.2, 0) is 6.42 Å². The van der Waals surface area contributed by atoms with Crippen molar-refractivity contribution in [2.24, 2.45) is 0 Å². The summed E-state index contributed by atoms with van der Waals surface area (Å²) in [6.07, 6.45) is 15.7. The molecule has 0 radical (unpaired) electrons. The highest BCUT2D eigenvalue weighted by Gasteiger charge is 2.19. The molecule has 1 nitrogen and oxygen atoms in total. The molecule has 1 N–H and O–H groups in total. The first-order chi connectivity index (χ1) is 12.9. The van der Waals surface area contributed by atoms with Crippen LogP contribution in [-0.4, -0.2) is 12.1 Å². The second-order valence-electron chi connectivity index (χ2n) is 8.33. The Balaban J connectivity index is 0.000000129. The van der Waals surface area contributed by atoms with E-state index in [2.05, 4.69) is 53.8 Å². The molecular formula is C25H33N. The quantitative estimate of drug-likeness (QED) is 0.558. The van der Waals surface area contributed by atoms with Gasteiger partial charge in [-0.25, -0.2) is 0 Å². The zero-order chi connectivity index (χ0) is 17.6. The number of benzene rings is 2. The van der Waals surface area contributed by atoms with E-state index in [-0.39, 0.29) is 0 Å². The maximum Gasteiger partial charge on any atom is 0.00696 e. The van der Waals surface area contributed by atoms with E-state index in [1.165, 1.54) is 86.5 Å². The minimum Gasteiger partial charge on any atom is -0.311 e. The van der Waals surface area contributed by atoms with Crippen molar-refractivity contribution in [1.29, 1.82) is 0 Å². The minimum atomic E-state index is 0.872. The highest BCUT2D eigenvalue weighted by atomic mass is 14.9. The van der Waals surface area contributed by atoms with Gasteiger partial charge in [0.05, 0.1) is 0 Å². The molecule has 0 atom stereocenters. The summed E-state index contributed by atoms with van der Waals surface area (Å²) in [7, 11) is 0. The van der Waals surface area contributed by atoms with E-state index in [0.717, 1.165) is 18.5 Å². The summed E-state index contributed by atoms with van der Waals surface area (Å²) in [5.41, 5.74) is 5.75. The SMILES string of the molecule is C1CCC(NC2CCCCC2)CC1.c1ccc2c(c1)Cc1ccccc1-2. The van der Waals surface area contributed by atoms with Gasteiger partial charge in [0, 0.05) is 12.1 Å². The molecule has 3 aliphatic rings. The third kappa shape index (κ3) is 4.38. The van der Waals surface area contributed by atoms with Gasteiger partial charge in [0.2, 0.25) is 0 Å². The Morgan fingerprint density at radius 2 is 0.962 bits per heavy atom. The molecule has 1 heteroatoms. The van der Waals surface area contributed by atoms with Crippen molar-refractivity contribution in [2.45, 2.75) is 82.7 Å². The predicted molar refractivity (Wildman–Crippen MR) is 112 cm³/mol. The molecule has 2 fully saturated rings. The molecule has 5 rings (SSSR count). The largest absolute Gasteiger partial charge is 0.311 e. The molecule has 0 spiro atoms. The Hall–Kier alpha value is -1.60. The zero-order valence-corrected chi connectivity index (χ0v) is 16.1. The molecule has 0 bridgehead atoms. The second-order valence-corrected chi connectivity index (χ2v) is 8.33. The zero-order valence-electron chi connectivity index (χ0n) is 16.1. The summed E-state index contributed by atoms with van der Waals surface area (Å²) >= 11 is 0. The summed E-state index contributed by atoms with van der Waals surface area (Å²) < 4.78 is 0. The summed E-state index contributed by atoms with van der Waals surface area (Å²) in [6, 6.07) is 19.1. The molecule has 3 aliphatic carbocycles. The molecule has 138 valence electrons. The van der Waals surface area contributed by atoms with Gasteiger partial charge in [-0.2, -0.15) is 0 Å². The average Bonchev–Trinajstić information content (AvgIpc) is 3.09. The van der Waals surface area contributed by atoms with E-state index in [1.54, 1.807) is 0 Å². The standard InChI is InChI=1S/C13H10.C12H23N/c1-3-7-12-10(5-1)9-11-6-2-4-8-13(11)12;1-3-7-11(8-4-1)13-12-9-5-2-6-10-12/h1-8H,9H2;11-13H,1-10H2. The van der Waals surface area contributed by atoms with E-state index in [0.29, 0.717) is 0 Å². The van der Waals surface area contributed by atoms with Gasteiger partial charge in [-0.05, 0) is 54.4 Å². The van der Waals surface area contributed by atoms with Crippen LogP contribution in [0.25, 0.3) is 11.1 Å². The molecule has 0 heterocycles. The first-order valence-electron chi connectivity index (χ1n) is 10.8. The van der Waals surface area contributed by atoms with Crippen LogP contribution in [0.4, 0.5) is 0 Å². The fraction of sp³-hybridized carbons (Fsp3) is 0.520. The van der Waals surface area contributed by atoms with Crippen molar-refractivity contribution in [3.63, 3.8) is 0 Å². The number of rotatable bonds is 2. The van der Waals surface area contributed by atoms with Crippen LogP contribution in [0.15, 0.2) is 48.5 Å². The molecule has 2 aromatic carbocycles. The van der Waals surface area contributed by atoms with Crippen molar-refractivity contribution in [3.05, 3.63) is 59.7 Å². The minimum absolute atomic E-state index is 0.872. The van der Waals surface area contributed by atoms with Gasteiger partial charge in [-0.3, -0.25) is 0 Å². The normalized spacial score (nSPS) is 20.0. The number of nitrogens with one attached hydrogen (secondary N) is 1. The Bertz CT molecular complexity index is 633. The van der Waals surface area contributed by atoms with Gasteiger partial charge < -0.3 is 5.32 Å². The molecule has 0 aliphatic heterocycles. The van der Waals surface area contributed by atoms with Crippen molar-refractivity contribution >= 4 is 0 Å². The third-order valence-corrected chi connectivity index (χ3v) is 6.39. The smallest absolute Gasteiger partial charge is 0.00696 e. The molecule has 0 unspecified atom stereocenters. The molecule has 2 aromatic rings. The topological polar surface area (TPSA) is 12.0 Å². The van der Waals surface area contributed by atoms with E-state index in [4.69, 9.17) is 0 Å². The third-order valence-electron chi connectivity index (χ3n) is 6.39. The second kappa shape index (κ2) is 8.86. The number of hydrogen-bond donors (Lipinski definition) is 1. The first kappa shape index (κ1) is 17.8. The van der Waals surface area contributed by atoms with E-state index >= 15 is 0 Å². The Morgan fingerprint density at radius 1 is 0.538 bits per heavy atom. The van der Waals surface area contributed by atoms with Crippen molar-refractivity contribution < 1.29 is 0 Å². The van der Waals surface area contributed by atoms with Crippen LogP contribution >= 0.6 is 0 Å². The lowest BCUT2D eigenvalue weighted by atomic mass is 9.91. The molecule has 0 aromatic heterocycles. The molecular weight excluding hydrogens is 314 g/mol. The Kier molecular flexibility index (Phi) is 6.07. The molecule has 0 amide bonds. The van der Waals surface area contributed by atoms with Crippen LogP contribution < -0.4 is 5.32 Å². The lowest BCUT2D eigenvalue weighted by Gasteiger charge is -2.30. The van der Waals surface area contributed by atoms with Gasteiger partial charge in [-0.1, -0.05) is 87.1 Å². The van der Waals surface area contributed by atoms with Crippen LogP contribution in [0.1, 0.15) is 75.3 Å². The lowest BCUT2D eigenvalue weighted by molar-refractivity contribution is 0.291. The summed E-state index contributed by atoms with van der Waals surface area (Å²) in [6.45, 7) is 0. The lowest BCUT2D eigenvalue weighted by Crippen LogP contribution is -2.40. The van der Waals surface area contributed by atoms with Gasteiger partial charge >= 0.3 is 0 Å². The van der Waals surface area contributed by atoms with Gasteiger partial charge in [0.25, 0.3) is 0 Å². The van der Waals surface area contributed by atoms with Crippen LogP contribution in [0.5, 0.6) is 0 Å². The number of fused-ring (bicyclic) bond motifs is 3. The van der Waals surface area contributed by atoms with E-state index in [1.807, 2.05) is 0 Å². The van der Waals surface area contributed by atoms with Gasteiger partial charge in [0.15, 0.2) is 0 Å². The first-order valence-corrected chi connectivity index (χ1v) is 10.8. The average molecular weight is 348 g/mol. The van der Waals surface area contributed by atoms with Gasteiger partial charge in [-0.15, -0.1) is 0 Å². The molecule has 2 saturated carbocycles.